The topological polar surface area (TPSA) is 80.2 Å². The van der Waals surface area contributed by atoms with Gasteiger partial charge in [0, 0.05) is 25.2 Å². The zero-order valence-electron chi connectivity index (χ0n) is 15.9. The fraction of sp³-hybridized carbons (Fsp3) is 0.136. The van der Waals surface area contributed by atoms with E-state index in [0.29, 0.717) is 0 Å². The maximum Gasteiger partial charge on any atom is 0.268 e. The molecule has 154 valence electrons. The summed E-state index contributed by atoms with van der Waals surface area (Å²) < 4.78 is 27.6. The number of hydrogen-bond donors (Lipinski definition) is 2. The maximum atomic E-state index is 13.3. The van der Waals surface area contributed by atoms with Gasteiger partial charge in [-0.05, 0) is 29.3 Å². The van der Waals surface area contributed by atoms with Crippen LogP contribution in [0.4, 0.5) is 8.78 Å². The van der Waals surface area contributed by atoms with Crippen molar-refractivity contribution in [1.82, 2.24) is 15.2 Å². The molecule has 0 aliphatic carbocycles. The van der Waals surface area contributed by atoms with Crippen LogP contribution in [-0.4, -0.2) is 16.4 Å². The van der Waals surface area contributed by atoms with Crippen LogP contribution < -0.4 is 16.2 Å². The minimum absolute atomic E-state index is 0.0331. The van der Waals surface area contributed by atoms with Crippen LogP contribution in [0.3, 0.4) is 0 Å². The zero-order chi connectivity index (χ0) is 21.5. The van der Waals surface area contributed by atoms with Crippen LogP contribution >= 0.6 is 0 Å². The van der Waals surface area contributed by atoms with Gasteiger partial charge in [0.15, 0.2) is 0 Å². The van der Waals surface area contributed by atoms with E-state index in [-0.39, 0.29) is 30.9 Å². The first-order valence-corrected chi connectivity index (χ1v) is 9.16. The molecule has 0 spiro atoms. The number of halogens is 2. The number of aromatic nitrogens is 1. The van der Waals surface area contributed by atoms with Crippen molar-refractivity contribution in [2.24, 2.45) is 0 Å². The summed E-state index contributed by atoms with van der Waals surface area (Å²) in [6.07, 6.45) is 0. The van der Waals surface area contributed by atoms with E-state index in [1.54, 1.807) is 0 Å². The molecule has 1 heterocycles. The van der Waals surface area contributed by atoms with E-state index in [1.807, 2.05) is 30.3 Å². The molecule has 0 saturated carbocycles. The maximum absolute atomic E-state index is 13.3. The smallest absolute Gasteiger partial charge is 0.268 e. The highest BCUT2D eigenvalue weighted by Gasteiger charge is 2.15. The molecule has 3 rings (SSSR count). The second-order valence-corrected chi connectivity index (χ2v) is 6.56. The molecule has 2 amide bonds. The summed E-state index contributed by atoms with van der Waals surface area (Å²) in [4.78, 5) is 37.0. The van der Waals surface area contributed by atoms with Crippen molar-refractivity contribution in [3.8, 4) is 0 Å². The van der Waals surface area contributed by atoms with Gasteiger partial charge in [-0.25, -0.2) is 8.78 Å². The average molecular weight is 411 g/mol. The first-order chi connectivity index (χ1) is 14.4. The van der Waals surface area contributed by atoms with E-state index in [1.165, 1.54) is 18.2 Å². The van der Waals surface area contributed by atoms with Crippen molar-refractivity contribution in [3.05, 3.63) is 106 Å². The zero-order valence-corrected chi connectivity index (χ0v) is 15.9. The predicted octanol–water partition coefficient (Wildman–Crippen LogP) is 2.37. The van der Waals surface area contributed by atoms with Gasteiger partial charge in [0.2, 0.25) is 5.91 Å². The van der Waals surface area contributed by atoms with Crippen molar-refractivity contribution < 1.29 is 18.4 Å². The highest BCUT2D eigenvalue weighted by Crippen LogP contribution is 2.08. The molecule has 8 heteroatoms. The molecule has 0 bridgehead atoms. The lowest BCUT2D eigenvalue weighted by molar-refractivity contribution is -0.121. The van der Waals surface area contributed by atoms with Gasteiger partial charge in [-0.2, -0.15) is 0 Å². The Balaban J connectivity index is 1.68. The van der Waals surface area contributed by atoms with Gasteiger partial charge < -0.3 is 10.6 Å². The molecule has 2 aromatic carbocycles. The number of carbonyl (C=O) groups is 2. The average Bonchev–Trinajstić information content (AvgIpc) is 2.72. The van der Waals surface area contributed by atoms with Gasteiger partial charge in [0.05, 0.1) is 0 Å². The molecular formula is C22H19F2N3O3. The van der Waals surface area contributed by atoms with Gasteiger partial charge in [-0.1, -0.05) is 36.4 Å². The van der Waals surface area contributed by atoms with E-state index < -0.39 is 29.0 Å². The van der Waals surface area contributed by atoms with Crippen LogP contribution in [0.1, 0.15) is 21.6 Å². The lowest BCUT2D eigenvalue weighted by Gasteiger charge is -2.13. The largest absolute Gasteiger partial charge is 0.350 e. The summed E-state index contributed by atoms with van der Waals surface area (Å²) in [5, 5.41) is 5.20. The Kier molecular flexibility index (Phi) is 6.69. The molecular weight excluding hydrogens is 392 g/mol. The Hall–Kier alpha value is -3.81. The van der Waals surface area contributed by atoms with E-state index in [2.05, 4.69) is 10.6 Å². The van der Waals surface area contributed by atoms with Gasteiger partial charge in [0.25, 0.3) is 11.5 Å². The molecule has 0 saturated heterocycles. The van der Waals surface area contributed by atoms with Gasteiger partial charge >= 0.3 is 0 Å². The number of benzene rings is 2. The second-order valence-electron chi connectivity index (χ2n) is 6.56. The van der Waals surface area contributed by atoms with Crippen molar-refractivity contribution >= 4 is 11.8 Å². The van der Waals surface area contributed by atoms with Crippen LogP contribution in [0.2, 0.25) is 0 Å². The SMILES string of the molecule is O=C(Cn1c(C(=O)NCc2cc(F)cc(F)c2)cccc1=O)NCc1ccccc1. The van der Waals surface area contributed by atoms with Crippen molar-refractivity contribution in [3.63, 3.8) is 0 Å². The predicted molar refractivity (Wildman–Crippen MR) is 107 cm³/mol. The van der Waals surface area contributed by atoms with Crippen molar-refractivity contribution in [2.45, 2.75) is 19.6 Å². The van der Waals surface area contributed by atoms with E-state index in [9.17, 15) is 23.2 Å². The molecule has 3 aromatic rings. The third kappa shape index (κ3) is 5.60. The molecule has 0 unspecified atom stereocenters. The Labute approximate surface area is 171 Å². The highest BCUT2D eigenvalue weighted by molar-refractivity contribution is 5.93. The third-order valence-electron chi connectivity index (χ3n) is 4.29. The Bertz CT molecular complexity index is 1090. The molecule has 1 aromatic heterocycles. The summed E-state index contributed by atoms with van der Waals surface area (Å²) in [7, 11) is 0. The first-order valence-electron chi connectivity index (χ1n) is 9.16. The first kappa shape index (κ1) is 20.9. The molecule has 6 nitrogen and oxygen atoms in total. The molecule has 0 aliphatic rings. The van der Waals surface area contributed by atoms with Crippen LogP contribution in [0, 0.1) is 11.6 Å². The Morgan fingerprint density at radius 2 is 1.47 bits per heavy atom. The summed E-state index contributed by atoms with van der Waals surface area (Å²) in [5.41, 5.74) is 0.571. The number of hydrogen-bond acceptors (Lipinski definition) is 3. The normalized spacial score (nSPS) is 10.5. The number of nitrogens with one attached hydrogen (secondary N) is 2. The van der Waals surface area contributed by atoms with Crippen LogP contribution in [0.15, 0.2) is 71.5 Å². The standard InChI is InChI=1S/C22H19F2N3O3/c23-17-9-16(10-18(24)11-17)13-26-22(30)19-7-4-8-21(29)27(19)14-20(28)25-12-15-5-2-1-3-6-15/h1-11H,12-14H2,(H,25,28)(H,26,30). The highest BCUT2D eigenvalue weighted by atomic mass is 19.1. The summed E-state index contributed by atoms with van der Waals surface area (Å²) in [6.45, 7) is -0.200. The molecule has 30 heavy (non-hydrogen) atoms. The number of pyridine rings is 1. The lowest BCUT2D eigenvalue weighted by Crippen LogP contribution is -2.36. The van der Waals surface area contributed by atoms with Gasteiger partial charge in [-0.3, -0.25) is 19.0 Å². The molecule has 0 aliphatic heterocycles. The third-order valence-corrected chi connectivity index (χ3v) is 4.29. The number of rotatable bonds is 7. The van der Waals surface area contributed by atoms with E-state index in [0.717, 1.165) is 28.3 Å². The summed E-state index contributed by atoms with van der Waals surface area (Å²) in [5.74, 6) is -2.60. The van der Waals surface area contributed by atoms with Crippen LogP contribution in [-0.2, 0) is 24.4 Å². The molecule has 0 fully saturated rings. The lowest BCUT2D eigenvalue weighted by atomic mass is 10.2. The monoisotopic (exact) mass is 411 g/mol. The summed E-state index contributed by atoms with van der Waals surface area (Å²) in [6, 6.07) is 16.2. The van der Waals surface area contributed by atoms with E-state index in [4.69, 9.17) is 0 Å². The van der Waals surface area contributed by atoms with Crippen LogP contribution in [0.25, 0.3) is 0 Å². The van der Waals surface area contributed by atoms with Crippen molar-refractivity contribution in [2.75, 3.05) is 0 Å². The van der Waals surface area contributed by atoms with E-state index >= 15 is 0 Å². The van der Waals surface area contributed by atoms with Crippen LogP contribution in [0.5, 0.6) is 0 Å². The Morgan fingerprint density at radius 3 is 2.17 bits per heavy atom. The fourth-order valence-corrected chi connectivity index (χ4v) is 2.86. The van der Waals surface area contributed by atoms with Gasteiger partial charge in [-0.15, -0.1) is 0 Å². The number of amides is 2. The van der Waals surface area contributed by atoms with Gasteiger partial charge in [0.1, 0.15) is 23.9 Å². The number of nitrogens with zero attached hydrogens (tertiary/aromatic N) is 1. The van der Waals surface area contributed by atoms with Crippen molar-refractivity contribution in [1.29, 1.82) is 0 Å². The minimum atomic E-state index is -0.758. The summed E-state index contributed by atoms with van der Waals surface area (Å²) >= 11 is 0. The minimum Gasteiger partial charge on any atom is -0.350 e. The number of carbonyl (C=O) groups excluding carboxylic acids is 2. The Morgan fingerprint density at radius 1 is 0.800 bits per heavy atom. The quantitative estimate of drug-likeness (QED) is 0.627. The fourth-order valence-electron chi connectivity index (χ4n) is 2.86. The second kappa shape index (κ2) is 9.60. The molecule has 0 radical (unpaired) electrons. The molecule has 2 N–H and O–H groups in total. The molecule has 0 atom stereocenters.